The molecular weight excluding hydrogens is 230 g/mol. The first kappa shape index (κ1) is 11.2. The van der Waals surface area contributed by atoms with E-state index in [1.54, 1.807) is 31.2 Å². The van der Waals surface area contributed by atoms with Crippen LogP contribution < -0.4 is 4.90 Å². The molecule has 0 aliphatic carbocycles. The number of halogens is 1. The van der Waals surface area contributed by atoms with Gasteiger partial charge >= 0.3 is 6.09 Å². The molecule has 1 aromatic carbocycles. The summed E-state index contributed by atoms with van der Waals surface area (Å²) in [6, 6.07) is 7.03. The van der Waals surface area contributed by atoms with Crippen LogP contribution in [0.4, 0.5) is 10.5 Å². The van der Waals surface area contributed by atoms with Crippen molar-refractivity contribution in [2.75, 3.05) is 18.1 Å². The lowest BCUT2D eigenvalue weighted by molar-refractivity contribution is 0.0219. The first-order valence-corrected chi connectivity index (χ1v) is 5.29. The van der Waals surface area contributed by atoms with Gasteiger partial charge in [-0.25, -0.2) is 4.79 Å². The maximum absolute atomic E-state index is 11.6. The van der Waals surface area contributed by atoms with Crippen molar-refractivity contribution in [3.63, 3.8) is 0 Å². The van der Waals surface area contributed by atoms with Crippen molar-refractivity contribution >= 4 is 23.4 Å². The van der Waals surface area contributed by atoms with Crippen molar-refractivity contribution in [3.05, 3.63) is 29.3 Å². The smallest absolute Gasteiger partial charge is 0.415 e. The Bertz CT molecular complexity index is 423. The van der Waals surface area contributed by atoms with E-state index >= 15 is 0 Å². The summed E-state index contributed by atoms with van der Waals surface area (Å²) < 4.78 is 5.10. The van der Waals surface area contributed by atoms with Crippen LogP contribution in [0.15, 0.2) is 24.3 Å². The number of anilines is 1. The third-order valence-electron chi connectivity index (χ3n) is 2.52. The van der Waals surface area contributed by atoms with Crippen molar-refractivity contribution < 1.29 is 14.6 Å². The van der Waals surface area contributed by atoms with Gasteiger partial charge in [-0.3, -0.25) is 4.90 Å². The Morgan fingerprint density at radius 3 is 2.81 bits per heavy atom. The zero-order valence-electron chi connectivity index (χ0n) is 8.81. The minimum absolute atomic E-state index is 0.209. The fourth-order valence-corrected chi connectivity index (χ4v) is 1.87. The predicted octanol–water partition coefficient (Wildman–Crippen LogP) is 2.05. The van der Waals surface area contributed by atoms with Crippen molar-refractivity contribution in [2.45, 2.75) is 12.5 Å². The van der Waals surface area contributed by atoms with E-state index in [0.29, 0.717) is 17.3 Å². The molecule has 0 aromatic heterocycles. The average molecular weight is 242 g/mol. The third kappa shape index (κ3) is 1.86. The van der Waals surface area contributed by atoms with Gasteiger partial charge in [0.25, 0.3) is 0 Å². The first-order chi connectivity index (χ1) is 7.56. The van der Waals surface area contributed by atoms with Crippen LogP contribution in [-0.2, 0) is 4.74 Å². The molecule has 1 aliphatic rings. The number of carbonyl (C=O) groups excluding carboxylic acids is 1. The zero-order valence-corrected chi connectivity index (χ0v) is 9.57. The SMILES string of the molecule is CC1(CO)CN(c2ccccc2Cl)C(=O)O1. The number of para-hydroxylation sites is 1. The Hall–Kier alpha value is -1.26. The molecule has 5 heteroatoms. The largest absolute Gasteiger partial charge is 0.438 e. The number of carbonyl (C=O) groups is 1. The number of aliphatic hydroxyl groups is 1. The molecule has 1 saturated heterocycles. The lowest BCUT2D eigenvalue weighted by Gasteiger charge is -2.18. The highest BCUT2D eigenvalue weighted by atomic mass is 35.5. The first-order valence-electron chi connectivity index (χ1n) is 4.92. The summed E-state index contributed by atoms with van der Waals surface area (Å²) in [7, 11) is 0. The predicted molar refractivity (Wildman–Crippen MR) is 60.8 cm³/mol. The van der Waals surface area contributed by atoms with E-state index in [1.165, 1.54) is 4.90 Å². The van der Waals surface area contributed by atoms with Crippen LogP contribution in [0, 0.1) is 0 Å². The Kier molecular flexibility index (Phi) is 2.78. The normalized spacial score (nSPS) is 24.7. The van der Waals surface area contributed by atoms with E-state index < -0.39 is 11.7 Å². The maximum Gasteiger partial charge on any atom is 0.415 e. The van der Waals surface area contributed by atoms with Gasteiger partial charge in [0.05, 0.1) is 23.9 Å². The monoisotopic (exact) mass is 241 g/mol. The summed E-state index contributed by atoms with van der Waals surface area (Å²) in [4.78, 5) is 13.1. The fourth-order valence-electron chi connectivity index (χ4n) is 1.63. The molecule has 0 saturated carbocycles. The van der Waals surface area contributed by atoms with E-state index in [4.69, 9.17) is 21.4 Å². The van der Waals surface area contributed by atoms with Crippen molar-refractivity contribution in [1.82, 2.24) is 0 Å². The molecule has 1 N–H and O–H groups in total. The van der Waals surface area contributed by atoms with Crippen LogP contribution in [0.2, 0.25) is 5.02 Å². The van der Waals surface area contributed by atoms with Gasteiger partial charge in [-0.05, 0) is 19.1 Å². The van der Waals surface area contributed by atoms with Crippen LogP contribution in [0.5, 0.6) is 0 Å². The van der Waals surface area contributed by atoms with E-state index in [2.05, 4.69) is 0 Å². The lowest BCUT2D eigenvalue weighted by Crippen LogP contribution is -2.34. The topological polar surface area (TPSA) is 49.8 Å². The lowest BCUT2D eigenvalue weighted by atomic mass is 10.1. The molecule has 0 bridgehead atoms. The van der Waals surface area contributed by atoms with E-state index in [0.717, 1.165) is 0 Å². The van der Waals surface area contributed by atoms with Crippen LogP contribution >= 0.6 is 11.6 Å². The summed E-state index contributed by atoms with van der Waals surface area (Å²) in [6.45, 7) is 1.77. The minimum Gasteiger partial charge on any atom is -0.438 e. The number of benzene rings is 1. The van der Waals surface area contributed by atoms with Gasteiger partial charge in [0.2, 0.25) is 0 Å². The molecule has 86 valence electrons. The standard InChI is InChI=1S/C11H12ClNO3/c1-11(7-14)6-13(10(15)16-11)9-5-3-2-4-8(9)12/h2-5,14H,6-7H2,1H3. The number of aliphatic hydroxyl groups excluding tert-OH is 1. The van der Waals surface area contributed by atoms with E-state index in [9.17, 15) is 4.79 Å². The summed E-state index contributed by atoms with van der Waals surface area (Å²) in [5.41, 5.74) is -0.248. The van der Waals surface area contributed by atoms with Crippen LogP contribution in [0.25, 0.3) is 0 Å². The van der Waals surface area contributed by atoms with Gasteiger partial charge in [-0.15, -0.1) is 0 Å². The number of cyclic esters (lactones) is 1. The minimum atomic E-state index is -0.851. The highest BCUT2D eigenvalue weighted by molar-refractivity contribution is 6.33. The molecule has 1 unspecified atom stereocenters. The molecule has 0 spiro atoms. The van der Waals surface area contributed by atoms with Crippen LogP contribution in [-0.4, -0.2) is 30.0 Å². The number of hydrogen-bond donors (Lipinski definition) is 1. The quantitative estimate of drug-likeness (QED) is 0.862. The van der Waals surface area contributed by atoms with Crippen LogP contribution in [0.3, 0.4) is 0 Å². The number of amides is 1. The number of hydrogen-bond acceptors (Lipinski definition) is 3. The van der Waals surface area contributed by atoms with Gasteiger partial charge in [0.15, 0.2) is 5.60 Å². The average Bonchev–Trinajstić information content (AvgIpc) is 2.56. The maximum atomic E-state index is 11.6. The molecule has 1 fully saturated rings. The Balaban J connectivity index is 2.31. The van der Waals surface area contributed by atoms with Gasteiger partial charge in [-0.1, -0.05) is 23.7 Å². The fraction of sp³-hybridized carbons (Fsp3) is 0.364. The highest BCUT2D eigenvalue weighted by Crippen LogP contribution is 2.32. The molecule has 0 radical (unpaired) electrons. The molecule has 1 aromatic rings. The second-order valence-corrected chi connectivity index (χ2v) is 4.42. The zero-order chi connectivity index (χ0) is 11.8. The van der Waals surface area contributed by atoms with Crippen LogP contribution in [0.1, 0.15) is 6.92 Å². The molecule has 1 heterocycles. The van der Waals surface area contributed by atoms with Gasteiger partial charge in [0.1, 0.15) is 0 Å². The summed E-state index contributed by atoms with van der Waals surface area (Å²) >= 11 is 5.99. The Labute approximate surface area is 98.4 Å². The Morgan fingerprint density at radius 2 is 2.25 bits per heavy atom. The van der Waals surface area contributed by atoms with E-state index in [-0.39, 0.29) is 6.61 Å². The van der Waals surface area contributed by atoms with Crippen molar-refractivity contribution in [1.29, 1.82) is 0 Å². The highest BCUT2D eigenvalue weighted by Gasteiger charge is 2.42. The summed E-state index contributed by atoms with van der Waals surface area (Å²) in [6.07, 6.45) is -0.482. The summed E-state index contributed by atoms with van der Waals surface area (Å²) in [5.74, 6) is 0. The molecule has 2 rings (SSSR count). The molecule has 16 heavy (non-hydrogen) atoms. The van der Waals surface area contributed by atoms with Crippen molar-refractivity contribution in [3.8, 4) is 0 Å². The third-order valence-corrected chi connectivity index (χ3v) is 2.84. The number of nitrogens with zero attached hydrogens (tertiary/aromatic N) is 1. The van der Waals surface area contributed by atoms with Crippen molar-refractivity contribution in [2.24, 2.45) is 0 Å². The second-order valence-electron chi connectivity index (χ2n) is 4.01. The molecule has 1 amide bonds. The van der Waals surface area contributed by atoms with E-state index in [1.807, 2.05) is 0 Å². The number of ether oxygens (including phenoxy) is 1. The van der Waals surface area contributed by atoms with Gasteiger partial charge in [-0.2, -0.15) is 0 Å². The second kappa shape index (κ2) is 3.96. The van der Waals surface area contributed by atoms with Gasteiger partial charge < -0.3 is 9.84 Å². The molecule has 4 nitrogen and oxygen atoms in total. The molecule has 1 atom stereocenters. The van der Waals surface area contributed by atoms with Gasteiger partial charge in [0, 0.05) is 0 Å². The summed E-state index contributed by atoms with van der Waals surface area (Å²) in [5, 5.41) is 9.63. The Morgan fingerprint density at radius 1 is 1.56 bits per heavy atom. The number of rotatable bonds is 2. The molecular formula is C11H12ClNO3. The molecule has 1 aliphatic heterocycles.